The van der Waals surface area contributed by atoms with Crippen LogP contribution in [-0.2, 0) is 11.2 Å². The van der Waals surface area contributed by atoms with Gasteiger partial charge in [-0.05, 0) is 24.1 Å². The average molecular weight is 195 g/mol. The molecule has 0 atom stereocenters. The van der Waals surface area contributed by atoms with E-state index in [-0.39, 0.29) is 12.3 Å². The van der Waals surface area contributed by atoms with Crippen LogP contribution in [0.2, 0.25) is 0 Å². The van der Waals surface area contributed by atoms with Crippen molar-refractivity contribution in [3.05, 3.63) is 29.8 Å². The average Bonchev–Trinajstić information content (AvgIpc) is 2.26. The summed E-state index contributed by atoms with van der Waals surface area (Å²) in [5, 5.41) is 8.29. The first kappa shape index (κ1) is 10.5. The van der Waals surface area contributed by atoms with Gasteiger partial charge in [-0.2, -0.15) is 0 Å². The van der Waals surface area contributed by atoms with E-state index < -0.39 is 0 Å². The molecule has 1 aromatic carbocycles. The highest BCUT2D eigenvalue weighted by Gasteiger charge is 2.01. The van der Waals surface area contributed by atoms with E-state index in [0.717, 1.165) is 11.3 Å². The summed E-state index contributed by atoms with van der Waals surface area (Å²) in [6.45, 7) is 0. The summed E-state index contributed by atoms with van der Waals surface area (Å²) >= 11 is 0. The van der Waals surface area contributed by atoms with E-state index in [2.05, 4.69) is 0 Å². The molecule has 0 saturated heterocycles. The lowest BCUT2D eigenvalue weighted by Gasteiger charge is -2.03. The first-order valence-corrected chi connectivity index (χ1v) is 4.32. The SMILES string of the molecule is COc1cccc(CCC(=O)NO)c1. The highest BCUT2D eigenvalue weighted by Crippen LogP contribution is 2.13. The Balaban J connectivity index is 2.54. The Morgan fingerprint density at radius 1 is 1.57 bits per heavy atom. The second-order valence-electron chi connectivity index (χ2n) is 2.89. The fourth-order valence-electron chi connectivity index (χ4n) is 1.14. The van der Waals surface area contributed by atoms with Gasteiger partial charge in [0, 0.05) is 6.42 Å². The Bertz CT molecular complexity index is 312. The molecule has 1 aromatic rings. The third-order valence-corrected chi connectivity index (χ3v) is 1.90. The Morgan fingerprint density at radius 3 is 3.00 bits per heavy atom. The lowest BCUT2D eigenvalue weighted by atomic mass is 10.1. The molecule has 0 radical (unpaired) electrons. The number of aryl methyl sites for hydroxylation is 1. The van der Waals surface area contributed by atoms with E-state index in [1.807, 2.05) is 24.3 Å². The largest absolute Gasteiger partial charge is 0.497 e. The molecule has 1 rings (SSSR count). The van der Waals surface area contributed by atoms with Gasteiger partial charge in [-0.3, -0.25) is 10.0 Å². The molecule has 4 nitrogen and oxygen atoms in total. The first-order valence-electron chi connectivity index (χ1n) is 4.32. The Morgan fingerprint density at radius 2 is 2.36 bits per heavy atom. The van der Waals surface area contributed by atoms with Crippen molar-refractivity contribution in [2.45, 2.75) is 12.8 Å². The van der Waals surface area contributed by atoms with Gasteiger partial charge in [-0.15, -0.1) is 0 Å². The van der Waals surface area contributed by atoms with Gasteiger partial charge in [-0.25, -0.2) is 5.48 Å². The van der Waals surface area contributed by atoms with Crippen molar-refractivity contribution in [3.8, 4) is 5.75 Å². The topological polar surface area (TPSA) is 58.6 Å². The third-order valence-electron chi connectivity index (χ3n) is 1.90. The van der Waals surface area contributed by atoms with Crippen LogP contribution in [0, 0.1) is 0 Å². The molecule has 0 aliphatic heterocycles. The van der Waals surface area contributed by atoms with E-state index in [0.29, 0.717) is 6.42 Å². The molecule has 76 valence electrons. The molecule has 4 heteroatoms. The minimum atomic E-state index is -0.382. The quantitative estimate of drug-likeness (QED) is 0.559. The standard InChI is InChI=1S/C10H13NO3/c1-14-9-4-2-3-8(7-9)5-6-10(12)11-13/h2-4,7,13H,5-6H2,1H3,(H,11,12). The minimum Gasteiger partial charge on any atom is -0.497 e. The highest BCUT2D eigenvalue weighted by molar-refractivity contribution is 5.74. The molecule has 0 saturated carbocycles. The van der Waals surface area contributed by atoms with Crippen LogP contribution in [0.25, 0.3) is 0 Å². The fourth-order valence-corrected chi connectivity index (χ4v) is 1.14. The Hall–Kier alpha value is -1.55. The number of benzene rings is 1. The van der Waals surface area contributed by atoms with E-state index in [1.54, 1.807) is 12.6 Å². The minimum absolute atomic E-state index is 0.268. The number of hydroxylamine groups is 1. The van der Waals surface area contributed by atoms with Crippen LogP contribution >= 0.6 is 0 Å². The van der Waals surface area contributed by atoms with E-state index in [9.17, 15) is 4.79 Å². The summed E-state index contributed by atoms with van der Waals surface area (Å²) in [5.74, 6) is 0.389. The number of rotatable bonds is 4. The Labute approximate surface area is 82.5 Å². The van der Waals surface area contributed by atoms with Gasteiger partial charge in [0.2, 0.25) is 5.91 Å². The third kappa shape index (κ3) is 3.06. The molecule has 0 unspecified atom stereocenters. The van der Waals surface area contributed by atoms with Crippen molar-refractivity contribution in [2.24, 2.45) is 0 Å². The zero-order valence-electron chi connectivity index (χ0n) is 7.99. The molecule has 0 aromatic heterocycles. The molecule has 1 amide bonds. The van der Waals surface area contributed by atoms with Gasteiger partial charge < -0.3 is 4.74 Å². The van der Waals surface area contributed by atoms with Crippen LogP contribution in [0.1, 0.15) is 12.0 Å². The summed E-state index contributed by atoms with van der Waals surface area (Å²) < 4.78 is 5.04. The molecule has 0 aliphatic rings. The van der Waals surface area contributed by atoms with Crippen molar-refractivity contribution in [1.82, 2.24) is 5.48 Å². The summed E-state index contributed by atoms with van der Waals surface area (Å²) in [5.41, 5.74) is 2.60. The predicted molar refractivity (Wildman–Crippen MR) is 51.2 cm³/mol. The molecule has 0 heterocycles. The summed E-state index contributed by atoms with van der Waals surface area (Å²) in [6.07, 6.45) is 0.854. The van der Waals surface area contributed by atoms with Crippen LogP contribution in [0.5, 0.6) is 5.75 Å². The summed E-state index contributed by atoms with van der Waals surface area (Å²) in [6, 6.07) is 7.48. The number of hydrogen-bond donors (Lipinski definition) is 2. The van der Waals surface area contributed by atoms with E-state index in [4.69, 9.17) is 9.94 Å². The van der Waals surface area contributed by atoms with E-state index >= 15 is 0 Å². The molecular weight excluding hydrogens is 182 g/mol. The van der Waals surface area contributed by atoms with Crippen LogP contribution in [0.4, 0.5) is 0 Å². The fraction of sp³-hybridized carbons (Fsp3) is 0.300. The van der Waals surface area contributed by atoms with Crippen molar-refractivity contribution in [3.63, 3.8) is 0 Å². The Kier molecular flexibility index (Phi) is 3.94. The molecule has 14 heavy (non-hydrogen) atoms. The molecular formula is C10H13NO3. The van der Waals surface area contributed by atoms with Gasteiger partial charge in [0.25, 0.3) is 0 Å². The molecule has 2 N–H and O–H groups in total. The number of carbonyl (C=O) groups is 1. The molecule has 0 spiro atoms. The second-order valence-corrected chi connectivity index (χ2v) is 2.89. The van der Waals surface area contributed by atoms with Crippen molar-refractivity contribution < 1.29 is 14.7 Å². The van der Waals surface area contributed by atoms with Crippen molar-refractivity contribution in [1.29, 1.82) is 0 Å². The van der Waals surface area contributed by atoms with Crippen LogP contribution in [0.3, 0.4) is 0 Å². The van der Waals surface area contributed by atoms with Gasteiger partial charge in [0.05, 0.1) is 7.11 Å². The smallest absolute Gasteiger partial charge is 0.243 e. The van der Waals surface area contributed by atoms with Gasteiger partial charge in [0.1, 0.15) is 5.75 Å². The maximum Gasteiger partial charge on any atom is 0.243 e. The van der Waals surface area contributed by atoms with Crippen LogP contribution < -0.4 is 10.2 Å². The number of carbonyl (C=O) groups excluding carboxylic acids is 1. The number of nitrogens with one attached hydrogen (secondary N) is 1. The maximum absolute atomic E-state index is 10.7. The number of methoxy groups -OCH3 is 1. The lowest BCUT2D eigenvalue weighted by molar-refractivity contribution is -0.129. The number of hydrogen-bond acceptors (Lipinski definition) is 3. The summed E-state index contributed by atoms with van der Waals surface area (Å²) in [4.78, 5) is 10.7. The van der Waals surface area contributed by atoms with Gasteiger partial charge in [-0.1, -0.05) is 12.1 Å². The maximum atomic E-state index is 10.7. The monoisotopic (exact) mass is 195 g/mol. The number of amides is 1. The zero-order valence-corrected chi connectivity index (χ0v) is 7.99. The van der Waals surface area contributed by atoms with Crippen LogP contribution in [-0.4, -0.2) is 18.2 Å². The molecule has 0 aliphatic carbocycles. The highest BCUT2D eigenvalue weighted by atomic mass is 16.5. The van der Waals surface area contributed by atoms with Crippen molar-refractivity contribution in [2.75, 3.05) is 7.11 Å². The molecule has 0 fully saturated rings. The second kappa shape index (κ2) is 5.24. The number of ether oxygens (including phenoxy) is 1. The predicted octanol–water partition coefficient (Wildman–Crippen LogP) is 1.13. The van der Waals surface area contributed by atoms with Crippen LogP contribution in [0.15, 0.2) is 24.3 Å². The first-order chi connectivity index (χ1) is 6.76. The van der Waals surface area contributed by atoms with Gasteiger partial charge >= 0.3 is 0 Å². The van der Waals surface area contributed by atoms with Crippen molar-refractivity contribution >= 4 is 5.91 Å². The summed E-state index contributed by atoms with van der Waals surface area (Å²) in [7, 11) is 1.60. The normalized spacial score (nSPS) is 9.57. The lowest BCUT2D eigenvalue weighted by Crippen LogP contribution is -2.18. The van der Waals surface area contributed by atoms with Gasteiger partial charge in [0.15, 0.2) is 0 Å². The van der Waals surface area contributed by atoms with E-state index in [1.165, 1.54) is 0 Å². The molecule has 0 bridgehead atoms. The zero-order chi connectivity index (χ0) is 10.4.